The van der Waals surface area contributed by atoms with Crippen molar-refractivity contribution < 1.29 is 19.2 Å². The van der Waals surface area contributed by atoms with Crippen LogP contribution in [0.1, 0.15) is 25.8 Å². The summed E-state index contributed by atoms with van der Waals surface area (Å²) in [5.41, 5.74) is 0.554. The number of hydrogen-bond acceptors (Lipinski definition) is 4. The maximum absolute atomic E-state index is 12.0. The lowest BCUT2D eigenvalue weighted by Crippen LogP contribution is -2.40. The molecule has 2 rings (SSSR count). The summed E-state index contributed by atoms with van der Waals surface area (Å²) in [4.78, 5) is 48.2. The van der Waals surface area contributed by atoms with Crippen LogP contribution in [0.25, 0.3) is 0 Å². The van der Waals surface area contributed by atoms with Gasteiger partial charge in [-0.25, -0.2) is 4.79 Å². The van der Waals surface area contributed by atoms with E-state index >= 15 is 0 Å². The fourth-order valence-electron chi connectivity index (χ4n) is 2.63. The van der Waals surface area contributed by atoms with E-state index in [0.717, 1.165) is 5.56 Å². The van der Waals surface area contributed by atoms with E-state index in [1.54, 1.807) is 38.1 Å². The molecular formula is C19H24N4O4. The molecule has 1 aromatic rings. The molecule has 0 spiro atoms. The lowest BCUT2D eigenvalue weighted by molar-refractivity contribution is -0.130. The average molecular weight is 372 g/mol. The van der Waals surface area contributed by atoms with Gasteiger partial charge in [-0.2, -0.15) is 0 Å². The van der Waals surface area contributed by atoms with Crippen LogP contribution >= 0.6 is 0 Å². The summed E-state index contributed by atoms with van der Waals surface area (Å²) < 4.78 is 0. The van der Waals surface area contributed by atoms with E-state index in [1.807, 2.05) is 0 Å². The van der Waals surface area contributed by atoms with Gasteiger partial charge >= 0.3 is 6.03 Å². The van der Waals surface area contributed by atoms with Crippen molar-refractivity contribution in [2.45, 2.75) is 32.2 Å². The summed E-state index contributed by atoms with van der Waals surface area (Å²) in [6.07, 6.45) is 1.86. The van der Waals surface area contributed by atoms with E-state index < -0.39 is 11.6 Å². The molecule has 27 heavy (non-hydrogen) atoms. The quantitative estimate of drug-likeness (QED) is 0.362. The molecule has 0 unspecified atom stereocenters. The van der Waals surface area contributed by atoms with Gasteiger partial charge in [-0.1, -0.05) is 18.7 Å². The van der Waals surface area contributed by atoms with Gasteiger partial charge in [-0.15, -0.1) is 0 Å². The summed E-state index contributed by atoms with van der Waals surface area (Å²) in [5.74, 6) is -0.716. The number of urea groups is 1. The highest BCUT2D eigenvalue weighted by atomic mass is 16.2. The van der Waals surface area contributed by atoms with Crippen LogP contribution in [0.15, 0.2) is 36.9 Å². The van der Waals surface area contributed by atoms with Crippen LogP contribution in [0, 0.1) is 0 Å². The summed E-state index contributed by atoms with van der Waals surface area (Å²) in [7, 11) is 0. The van der Waals surface area contributed by atoms with Crippen molar-refractivity contribution in [3.05, 3.63) is 42.5 Å². The van der Waals surface area contributed by atoms with E-state index in [-0.39, 0.29) is 30.7 Å². The highest BCUT2D eigenvalue weighted by molar-refractivity contribution is 6.06. The number of hydrogen-bond donors (Lipinski definition) is 3. The molecule has 144 valence electrons. The van der Waals surface area contributed by atoms with Crippen molar-refractivity contribution in [3.63, 3.8) is 0 Å². The van der Waals surface area contributed by atoms with Gasteiger partial charge < -0.3 is 16.0 Å². The second-order valence-electron chi connectivity index (χ2n) is 6.78. The Hall–Kier alpha value is -3.16. The molecule has 1 aromatic carbocycles. The maximum Gasteiger partial charge on any atom is 0.325 e. The Balaban J connectivity index is 1.72. The molecule has 0 bridgehead atoms. The summed E-state index contributed by atoms with van der Waals surface area (Å²) in [5, 5.41) is 8.01. The van der Waals surface area contributed by atoms with Crippen LogP contribution in [-0.4, -0.2) is 47.3 Å². The molecule has 1 aliphatic heterocycles. The van der Waals surface area contributed by atoms with Crippen LogP contribution in [0.4, 0.5) is 10.5 Å². The lowest BCUT2D eigenvalue weighted by atomic mass is 10.1. The molecule has 0 radical (unpaired) electrons. The highest BCUT2D eigenvalue weighted by Gasteiger charge is 2.43. The van der Waals surface area contributed by atoms with Gasteiger partial charge in [0.2, 0.25) is 11.8 Å². The molecule has 0 saturated carbocycles. The number of amides is 5. The largest absolute Gasteiger partial charge is 0.356 e. The monoisotopic (exact) mass is 372 g/mol. The van der Waals surface area contributed by atoms with Crippen LogP contribution < -0.4 is 16.0 Å². The molecule has 1 fully saturated rings. The Morgan fingerprint density at radius 2 is 1.89 bits per heavy atom. The van der Waals surface area contributed by atoms with Gasteiger partial charge in [0.1, 0.15) is 5.54 Å². The van der Waals surface area contributed by atoms with E-state index in [9.17, 15) is 19.2 Å². The predicted octanol–water partition coefficient (Wildman–Crippen LogP) is 1.19. The smallest absolute Gasteiger partial charge is 0.325 e. The summed E-state index contributed by atoms with van der Waals surface area (Å²) in [6.45, 7) is 7.31. The average Bonchev–Trinajstić information content (AvgIpc) is 2.81. The number of rotatable bonds is 8. The molecule has 0 aromatic heterocycles. The van der Waals surface area contributed by atoms with Crippen molar-refractivity contribution in [3.8, 4) is 0 Å². The SMILES string of the molecule is C=CC(=O)Nc1ccc(CC(=O)NCCCN2C(=O)NC(C)(C)C2=O)cc1. The number of nitrogens with zero attached hydrogens (tertiary/aromatic N) is 1. The maximum atomic E-state index is 12.0. The number of benzene rings is 1. The number of anilines is 1. The normalized spacial score (nSPS) is 15.3. The second-order valence-corrected chi connectivity index (χ2v) is 6.78. The fourth-order valence-corrected chi connectivity index (χ4v) is 2.63. The third-order valence-electron chi connectivity index (χ3n) is 4.10. The minimum atomic E-state index is -0.877. The van der Waals surface area contributed by atoms with Crippen molar-refractivity contribution >= 4 is 29.4 Å². The van der Waals surface area contributed by atoms with Gasteiger partial charge in [0.15, 0.2) is 0 Å². The van der Waals surface area contributed by atoms with Crippen molar-refractivity contribution in [2.75, 3.05) is 18.4 Å². The molecule has 3 N–H and O–H groups in total. The lowest BCUT2D eigenvalue weighted by Gasteiger charge is -2.16. The molecule has 8 nitrogen and oxygen atoms in total. The van der Waals surface area contributed by atoms with E-state index in [4.69, 9.17) is 0 Å². The molecule has 0 aliphatic carbocycles. The Kier molecular flexibility index (Phi) is 6.33. The Morgan fingerprint density at radius 1 is 1.22 bits per heavy atom. The van der Waals surface area contributed by atoms with Crippen LogP contribution in [0.2, 0.25) is 0 Å². The summed E-state index contributed by atoms with van der Waals surface area (Å²) in [6, 6.07) is 6.54. The molecule has 5 amide bonds. The van der Waals surface area contributed by atoms with Crippen molar-refractivity contribution in [2.24, 2.45) is 0 Å². The van der Waals surface area contributed by atoms with E-state index in [0.29, 0.717) is 18.7 Å². The van der Waals surface area contributed by atoms with Crippen molar-refractivity contribution in [1.29, 1.82) is 0 Å². The minimum Gasteiger partial charge on any atom is -0.356 e. The summed E-state index contributed by atoms with van der Waals surface area (Å²) >= 11 is 0. The molecule has 8 heteroatoms. The first-order valence-electron chi connectivity index (χ1n) is 8.66. The fraction of sp³-hybridized carbons (Fsp3) is 0.368. The number of carbonyl (C=O) groups excluding carboxylic acids is 4. The zero-order chi connectivity index (χ0) is 20.0. The van der Waals surface area contributed by atoms with Crippen LogP contribution in [-0.2, 0) is 20.8 Å². The Labute approximate surface area is 158 Å². The van der Waals surface area contributed by atoms with Crippen LogP contribution in [0.3, 0.4) is 0 Å². The standard InChI is InChI=1S/C19H24N4O4/c1-4-15(24)21-14-8-6-13(7-9-14)12-16(25)20-10-5-11-23-17(26)19(2,3)22-18(23)27/h4,6-9H,1,5,10-12H2,2-3H3,(H,20,25)(H,21,24)(H,22,27). The first-order chi connectivity index (χ1) is 12.7. The zero-order valence-corrected chi connectivity index (χ0v) is 15.5. The number of carbonyl (C=O) groups is 4. The Morgan fingerprint density at radius 3 is 2.44 bits per heavy atom. The van der Waals surface area contributed by atoms with Gasteiger partial charge in [-0.3, -0.25) is 19.3 Å². The van der Waals surface area contributed by atoms with Gasteiger partial charge in [0.05, 0.1) is 6.42 Å². The second kappa shape index (κ2) is 8.48. The van der Waals surface area contributed by atoms with Gasteiger partial charge in [-0.05, 0) is 44.0 Å². The van der Waals surface area contributed by atoms with E-state index in [1.165, 1.54) is 11.0 Å². The Bertz CT molecular complexity index is 755. The molecule has 1 heterocycles. The number of nitrogens with one attached hydrogen (secondary N) is 3. The molecule has 0 atom stereocenters. The molecular weight excluding hydrogens is 348 g/mol. The predicted molar refractivity (Wildman–Crippen MR) is 101 cm³/mol. The molecule has 1 aliphatic rings. The van der Waals surface area contributed by atoms with Crippen LogP contribution in [0.5, 0.6) is 0 Å². The highest BCUT2D eigenvalue weighted by Crippen LogP contribution is 2.16. The van der Waals surface area contributed by atoms with Gasteiger partial charge in [0, 0.05) is 18.8 Å². The third-order valence-corrected chi connectivity index (χ3v) is 4.10. The first-order valence-corrected chi connectivity index (χ1v) is 8.66. The van der Waals surface area contributed by atoms with E-state index in [2.05, 4.69) is 22.5 Å². The topological polar surface area (TPSA) is 108 Å². The third kappa shape index (κ3) is 5.40. The number of imide groups is 1. The zero-order valence-electron chi connectivity index (χ0n) is 15.5. The molecule has 1 saturated heterocycles. The minimum absolute atomic E-state index is 0.157. The first kappa shape index (κ1) is 20.2. The van der Waals surface area contributed by atoms with Crippen molar-refractivity contribution in [1.82, 2.24) is 15.5 Å². The van der Waals surface area contributed by atoms with Gasteiger partial charge in [0.25, 0.3) is 5.91 Å².